The van der Waals surface area contributed by atoms with Crippen molar-refractivity contribution in [2.24, 2.45) is 17.3 Å². The maximum absolute atomic E-state index is 10.6. The summed E-state index contributed by atoms with van der Waals surface area (Å²) in [6.45, 7) is 6.81. The molecule has 0 saturated heterocycles. The van der Waals surface area contributed by atoms with Crippen LogP contribution in [0.5, 0.6) is 0 Å². The van der Waals surface area contributed by atoms with Gasteiger partial charge in [0.05, 0.1) is 5.60 Å². The van der Waals surface area contributed by atoms with Gasteiger partial charge in [-0.3, -0.25) is 0 Å². The molecule has 2 fully saturated rings. The molecule has 14 heavy (non-hydrogen) atoms. The molecule has 0 aromatic heterocycles. The predicted molar refractivity (Wildman–Crippen MR) is 59.1 cm³/mol. The molecule has 0 aromatic carbocycles. The lowest BCUT2D eigenvalue weighted by Crippen LogP contribution is -2.24. The lowest BCUT2D eigenvalue weighted by Gasteiger charge is -2.26. The summed E-state index contributed by atoms with van der Waals surface area (Å²) in [5.41, 5.74) is 0.0576. The maximum atomic E-state index is 10.6. The van der Waals surface area contributed by atoms with E-state index in [2.05, 4.69) is 20.8 Å². The van der Waals surface area contributed by atoms with Crippen LogP contribution in [0.15, 0.2) is 0 Å². The SMILES string of the molecule is CCC(C)(C)CC1(O)C2CCCCC21. The molecule has 1 heteroatoms. The van der Waals surface area contributed by atoms with E-state index in [-0.39, 0.29) is 5.60 Å². The van der Waals surface area contributed by atoms with Crippen LogP contribution in [-0.4, -0.2) is 10.7 Å². The van der Waals surface area contributed by atoms with Crippen molar-refractivity contribution in [2.75, 3.05) is 0 Å². The fourth-order valence-corrected chi connectivity index (χ4v) is 3.37. The zero-order valence-electron chi connectivity index (χ0n) is 9.84. The molecule has 1 N–H and O–H groups in total. The van der Waals surface area contributed by atoms with Crippen LogP contribution in [0.3, 0.4) is 0 Å². The molecule has 0 heterocycles. The van der Waals surface area contributed by atoms with Gasteiger partial charge >= 0.3 is 0 Å². The van der Waals surface area contributed by atoms with Gasteiger partial charge in [0.25, 0.3) is 0 Å². The summed E-state index contributed by atoms with van der Waals surface area (Å²) < 4.78 is 0. The summed E-state index contributed by atoms with van der Waals surface area (Å²) in [5, 5.41) is 10.6. The first kappa shape index (κ1) is 10.5. The van der Waals surface area contributed by atoms with E-state index in [1.165, 1.54) is 32.1 Å². The Balaban J connectivity index is 1.98. The summed E-state index contributed by atoms with van der Waals surface area (Å²) >= 11 is 0. The number of fused-ring (bicyclic) bond motifs is 1. The third-order valence-corrected chi connectivity index (χ3v) is 4.66. The zero-order chi connectivity index (χ0) is 10.4. The lowest BCUT2D eigenvalue weighted by molar-refractivity contribution is 0.0634. The van der Waals surface area contributed by atoms with Gasteiger partial charge in [-0.05, 0) is 36.5 Å². The average Bonchev–Trinajstić information content (AvgIpc) is 2.72. The van der Waals surface area contributed by atoms with Crippen molar-refractivity contribution >= 4 is 0 Å². The first-order chi connectivity index (χ1) is 6.49. The van der Waals surface area contributed by atoms with E-state index >= 15 is 0 Å². The highest BCUT2D eigenvalue weighted by atomic mass is 16.3. The molecule has 2 aliphatic rings. The monoisotopic (exact) mass is 196 g/mol. The summed E-state index contributed by atoms with van der Waals surface area (Å²) in [6, 6.07) is 0. The molecule has 82 valence electrons. The van der Waals surface area contributed by atoms with Crippen LogP contribution in [0.4, 0.5) is 0 Å². The van der Waals surface area contributed by atoms with E-state index in [4.69, 9.17) is 0 Å². The second-order valence-electron chi connectivity index (χ2n) is 6.18. The third kappa shape index (κ3) is 1.60. The topological polar surface area (TPSA) is 20.2 Å². The quantitative estimate of drug-likeness (QED) is 0.734. The number of aliphatic hydroxyl groups is 1. The van der Waals surface area contributed by atoms with Crippen LogP contribution in [0.2, 0.25) is 0 Å². The van der Waals surface area contributed by atoms with E-state index in [0.29, 0.717) is 17.3 Å². The van der Waals surface area contributed by atoms with Gasteiger partial charge in [-0.2, -0.15) is 0 Å². The van der Waals surface area contributed by atoms with Crippen molar-refractivity contribution < 1.29 is 5.11 Å². The van der Waals surface area contributed by atoms with Gasteiger partial charge in [0.2, 0.25) is 0 Å². The van der Waals surface area contributed by atoms with Gasteiger partial charge in [0, 0.05) is 0 Å². The molecular weight excluding hydrogens is 172 g/mol. The Labute approximate surface area is 87.9 Å². The van der Waals surface area contributed by atoms with Crippen molar-refractivity contribution in [3.63, 3.8) is 0 Å². The Hall–Kier alpha value is -0.0400. The molecule has 2 aliphatic carbocycles. The molecule has 0 bridgehead atoms. The Kier molecular flexibility index (Phi) is 2.42. The Morgan fingerprint density at radius 3 is 2.14 bits per heavy atom. The van der Waals surface area contributed by atoms with Crippen LogP contribution < -0.4 is 0 Å². The summed E-state index contributed by atoms with van der Waals surface area (Å²) in [4.78, 5) is 0. The van der Waals surface area contributed by atoms with E-state index in [9.17, 15) is 5.11 Å². The molecule has 0 aromatic rings. The molecule has 1 nitrogen and oxygen atoms in total. The summed E-state index contributed by atoms with van der Waals surface area (Å²) in [7, 11) is 0. The minimum absolute atomic E-state index is 0.268. The minimum atomic E-state index is -0.268. The van der Waals surface area contributed by atoms with Crippen molar-refractivity contribution in [2.45, 2.75) is 64.9 Å². The lowest BCUT2D eigenvalue weighted by atomic mass is 9.82. The van der Waals surface area contributed by atoms with Gasteiger partial charge in [-0.15, -0.1) is 0 Å². The number of hydrogen-bond acceptors (Lipinski definition) is 1. The smallest absolute Gasteiger partial charge is 0.0716 e. The van der Waals surface area contributed by atoms with E-state index in [1.54, 1.807) is 0 Å². The largest absolute Gasteiger partial charge is 0.389 e. The molecule has 0 aliphatic heterocycles. The second-order valence-corrected chi connectivity index (χ2v) is 6.18. The van der Waals surface area contributed by atoms with Crippen LogP contribution >= 0.6 is 0 Å². The van der Waals surface area contributed by atoms with Crippen LogP contribution in [0.25, 0.3) is 0 Å². The fraction of sp³-hybridized carbons (Fsp3) is 1.00. The van der Waals surface area contributed by atoms with Crippen molar-refractivity contribution in [1.82, 2.24) is 0 Å². The third-order valence-electron chi connectivity index (χ3n) is 4.66. The van der Waals surface area contributed by atoms with Gasteiger partial charge in [0.1, 0.15) is 0 Å². The standard InChI is InChI=1S/C13H24O/c1-4-12(2,3)9-13(14)10-7-5-6-8-11(10)13/h10-11,14H,4-9H2,1-3H3. The van der Waals surface area contributed by atoms with Crippen molar-refractivity contribution in [3.05, 3.63) is 0 Å². The number of rotatable bonds is 3. The first-order valence-corrected chi connectivity index (χ1v) is 6.22. The predicted octanol–water partition coefficient (Wildman–Crippen LogP) is 3.36. The molecule has 0 amide bonds. The first-order valence-electron chi connectivity index (χ1n) is 6.22. The van der Waals surface area contributed by atoms with Crippen molar-refractivity contribution in [3.8, 4) is 0 Å². The van der Waals surface area contributed by atoms with Gasteiger partial charge in [-0.1, -0.05) is 40.0 Å². The highest BCUT2D eigenvalue weighted by Gasteiger charge is 2.64. The van der Waals surface area contributed by atoms with Crippen LogP contribution in [0, 0.1) is 17.3 Å². The average molecular weight is 196 g/mol. The molecular formula is C13H24O. The van der Waals surface area contributed by atoms with Gasteiger partial charge in [0.15, 0.2) is 0 Å². The molecule has 2 atom stereocenters. The highest BCUT2D eigenvalue weighted by Crippen LogP contribution is 2.62. The van der Waals surface area contributed by atoms with E-state index < -0.39 is 0 Å². The zero-order valence-corrected chi connectivity index (χ0v) is 9.84. The Morgan fingerprint density at radius 1 is 1.21 bits per heavy atom. The molecule has 2 rings (SSSR count). The molecule has 2 unspecified atom stereocenters. The minimum Gasteiger partial charge on any atom is -0.389 e. The normalized spacial score (nSPS) is 42.0. The Morgan fingerprint density at radius 2 is 1.71 bits per heavy atom. The molecule has 0 radical (unpaired) electrons. The second kappa shape index (κ2) is 3.23. The maximum Gasteiger partial charge on any atom is 0.0716 e. The van der Waals surface area contributed by atoms with Gasteiger partial charge in [-0.25, -0.2) is 0 Å². The van der Waals surface area contributed by atoms with E-state index in [1.807, 2.05) is 0 Å². The van der Waals surface area contributed by atoms with E-state index in [0.717, 1.165) is 6.42 Å². The summed E-state index contributed by atoms with van der Waals surface area (Å²) in [5.74, 6) is 1.31. The fourth-order valence-electron chi connectivity index (χ4n) is 3.37. The molecule has 0 spiro atoms. The number of hydrogen-bond donors (Lipinski definition) is 1. The van der Waals surface area contributed by atoms with Crippen LogP contribution in [0.1, 0.15) is 59.3 Å². The van der Waals surface area contributed by atoms with Gasteiger partial charge < -0.3 is 5.11 Å². The summed E-state index contributed by atoms with van der Waals surface area (Å²) in [6.07, 6.45) is 7.44. The highest BCUT2D eigenvalue weighted by molar-refractivity contribution is 5.14. The molecule has 2 saturated carbocycles. The Bertz CT molecular complexity index is 207. The van der Waals surface area contributed by atoms with Crippen molar-refractivity contribution in [1.29, 1.82) is 0 Å². The van der Waals surface area contributed by atoms with Crippen LogP contribution in [-0.2, 0) is 0 Å².